The molecule has 34 heavy (non-hydrogen) atoms. The van der Waals surface area contributed by atoms with E-state index in [1.807, 2.05) is 19.9 Å². The molecule has 1 aliphatic heterocycles. The van der Waals surface area contributed by atoms with Crippen LogP contribution in [0.25, 0.3) is 6.08 Å². The fourth-order valence-corrected chi connectivity index (χ4v) is 5.17. The number of hydrogen-bond donors (Lipinski definition) is 0. The van der Waals surface area contributed by atoms with Crippen LogP contribution in [0.15, 0.2) is 59.2 Å². The molecular weight excluding hydrogens is 422 g/mol. The Morgan fingerprint density at radius 1 is 1.03 bits per heavy atom. The van der Waals surface area contributed by atoms with Gasteiger partial charge in [0.05, 0.1) is 25.0 Å². The van der Waals surface area contributed by atoms with Crippen LogP contribution in [0.1, 0.15) is 56.7 Å². The first-order valence-corrected chi connectivity index (χ1v) is 12.8. The molecule has 2 unspecified atom stereocenters. The van der Waals surface area contributed by atoms with Gasteiger partial charge in [-0.05, 0) is 107 Å². The third-order valence-electron chi connectivity index (χ3n) is 6.59. The van der Waals surface area contributed by atoms with Gasteiger partial charge in [-0.15, -0.1) is 0 Å². The van der Waals surface area contributed by atoms with Crippen LogP contribution in [0.2, 0.25) is 0 Å². The average molecular weight is 462 g/mol. The summed E-state index contributed by atoms with van der Waals surface area (Å²) in [6.45, 7) is 7.43. The highest BCUT2D eigenvalue weighted by Gasteiger charge is 2.41. The minimum Gasteiger partial charge on any atom is -0.494 e. The highest BCUT2D eigenvalue weighted by Crippen LogP contribution is 2.45. The maximum Gasteiger partial charge on any atom is 0.119 e. The molecule has 4 rings (SSSR count). The van der Waals surface area contributed by atoms with Crippen molar-refractivity contribution in [3.05, 3.63) is 65.2 Å². The average Bonchev–Trinajstić information content (AvgIpc) is 3.19. The fourth-order valence-electron chi connectivity index (χ4n) is 5.17. The number of rotatable bonds is 10. The van der Waals surface area contributed by atoms with Crippen LogP contribution in [0.5, 0.6) is 11.5 Å². The summed E-state index contributed by atoms with van der Waals surface area (Å²) in [6, 6.07) is 17.3. The minimum absolute atomic E-state index is 0.260. The first kappa shape index (κ1) is 24.3. The van der Waals surface area contributed by atoms with Gasteiger partial charge in [0.25, 0.3) is 0 Å². The van der Waals surface area contributed by atoms with Gasteiger partial charge in [-0.2, -0.15) is 5.10 Å². The number of nitrogens with zero attached hydrogens (tertiary/aromatic N) is 3. The van der Waals surface area contributed by atoms with Crippen LogP contribution in [0, 0.1) is 5.92 Å². The maximum atomic E-state index is 5.84. The zero-order valence-electron chi connectivity index (χ0n) is 21.2. The SMILES string of the molecule is CCOc1cccc(C=C2CCCC3C2=NN(CCCN(C)C)C3c2cccc(OCC)c2)c1. The number of hydrazone groups is 1. The van der Waals surface area contributed by atoms with E-state index in [9.17, 15) is 0 Å². The van der Waals surface area contributed by atoms with E-state index in [1.165, 1.54) is 35.3 Å². The molecule has 0 amide bonds. The zero-order chi connectivity index (χ0) is 23.9. The summed E-state index contributed by atoms with van der Waals surface area (Å²) in [5.41, 5.74) is 5.13. The second-order valence-corrected chi connectivity index (χ2v) is 9.43. The lowest BCUT2D eigenvalue weighted by molar-refractivity contribution is 0.187. The molecule has 2 aliphatic rings. The molecule has 0 spiro atoms. The minimum atomic E-state index is 0.260. The van der Waals surface area contributed by atoms with Crippen molar-refractivity contribution in [3.63, 3.8) is 0 Å². The van der Waals surface area contributed by atoms with Crippen LogP contribution in [-0.2, 0) is 0 Å². The molecule has 0 radical (unpaired) electrons. The van der Waals surface area contributed by atoms with Crippen molar-refractivity contribution in [2.45, 2.75) is 45.6 Å². The number of ether oxygens (including phenoxy) is 2. The Morgan fingerprint density at radius 3 is 2.50 bits per heavy atom. The van der Waals surface area contributed by atoms with Crippen molar-refractivity contribution in [2.75, 3.05) is 40.4 Å². The van der Waals surface area contributed by atoms with Gasteiger partial charge in [0.15, 0.2) is 0 Å². The van der Waals surface area contributed by atoms with E-state index in [0.717, 1.165) is 37.4 Å². The van der Waals surface area contributed by atoms with Crippen molar-refractivity contribution < 1.29 is 9.47 Å². The quantitative estimate of drug-likeness (QED) is 0.433. The second-order valence-electron chi connectivity index (χ2n) is 9.43. The van der Waals surface area contributed by atoms with E-state index in [2.05, 4.69) is 72.5 Å². The maximum absolute atomic E-state index is 5.84. The molecule has 0 N–H and O–H groups in total. The molecule has 2 aromatic carbocycles. The Hall–Kier alpha value is -2.79. The Balaban J connectivity index is 1.65. The topological polar surface area (TPSA) is 37.3 Å². The van der Waals surface area contributed by atoms with E-state index in [-0.39, 0.29) is 6.04 Å². The summed E-state index contributed by atoms with van der Waals surface area (Å²) in [6.07, 6.45) is 6.85. The lowest BCUT2D eigenvalue weighted by atomic mass is 9.77. The predicted molar refractivity (Wildman–Crippen MR) is 141 cm³/mol. The normalized spacial score (nSPS) is 21.0. The van der Waals surface area contributed by atoms with E-state index >= 15 is 0 Å². The lowest BCUT2D eigenvalue weighted by Crippen LogP contribution is -2.29. The summed E-state index contributed by atoms with van der Waals surface area (Å²) in [4.78, 5) is 2.25. The standard InChI is InChI=1S/C29H39N3O2/c1-5-33-25-14-7-11-22(20-25)19-23-12-9-16-27-28(23)30-32(18-10-17-31(3)4)29(27)24-13-8-15-26(21-24)34-6-2/h7-8,11,13-15,19-21,27,29H,5-6,9-10,12,16-18H2,1-4H3. The summed E-state index contributed by atoms with van der Waals surface area (Å²) < 4.78 is 11.6. The summed E-state index contributed by atoms with van der Waals surface area (Å²) >= 11 is 0. The summed E-state index contributed by atoms with van der Waals surface area (Å²) in [7, 11) is 4.27. The molecule has 5 heteroatoms. The largest absolute Gasteiger partial charge is 0.494 e. The molecule has 1 saturated carbocycles. The van der Waals surface area contributed by atoms with Crippen LogP contribution >= 0.6 is 0 Å². The van der Waals surface area contributed by atoms with Gasteiger partial charge in [-0.1, -0.05) is 24.3 Å². The highest BCUT2D eigenvalue weighted by atomic mass is 16.5. The summed E-state index contributed by atoms with van der Waals surface area (Å²) in [5, 5.41) is 7.62. The molecule has 0 aromatic heterocycles. The van der Waals surface area contributed by atoms with Crippen molar-refractivity contribution in [1.82, 2.24) is 9.91 Å². The van der Waals surface area contributed by atoms with Crippen molar-refractivity contribution in [3.8, 4) is 11.5 Å². The first-order valence-electron chi connectivity index (χ1n) is 12.8. The monoisotopic (exact) mass is 461 g/mol. The second kappa shape index (κ2) is 11.6. The Morgan fingerprint density at radius 2 is 1.76 bits per heavy atom. The lowest BCUT2D eigenvalue weighted by Gasteiger charge is -2.31. The van der Waals surface area contributed by atoms with Gasteiger partial charge >= 0.3 is 0 Å². The van der Waals surface area contributed by atoms with Crippen molar-refractivity contribution in [2.24, 2.45) is 11.0 Å². The van der Waals surface area contributed by atoms with Gasteiger partial charge in [0.2, 0.25) is 0 Å². The molecule has 2 atom stereocenters. The van der Waals surface area contributed by atoms with Gasteiger partial charge in [-0.3, -0.25) is 5.01 Å². The molecule has 5 nitrogen and oxygen atoms in total. The number of allylic oxidation sites excluding steroid dienone is 1. The zero-order valence-corrected chi connectivity index (χ0v) is 21.2. The first-order chi connectivity index (χ1) is 16.6. The van der Waals surface area contributed by atoms with Crippen molar-refractivity contribution in [1.29, 1.82) is 0 Å². The molecule has 182 valence electrons. The van der Waals surface area contributed by atoms with Crippen LogP contribution in [0.3, 0.4) is 0 Å². The third kappa shape index (κ3) is 5.82. The number of hydrogen-bond acceptors (Lipinski definition) is 5. The summed E-state index contributed by atoms with van der Waals surface area (Å²) in [5.74, 6) is 2.28. The van der Waals surface area contributed by atoms with E-state index in [0.29, 0.717) is 19.1 Å². The fraction of sp³-hybridized carbons (Fsp3) is 0.483. The van der Waals surface area contributed by atoms with Crippen LogP contribution < -0.4 is 9.47 Å². The molecule has 1 heterocycles. The van der Waals surface area contributed by atoms with E-state index in [4.69, 9.17) is 14.6 Å². The third-order valence-corrected chi connectivity index (χ3v) is 6.59. The van der Waals surface area contributed by atoms with Crippen LogP contribution in [-0.4, -0.2) is 56.0 Å². The van der Waals surface area contributed by atoms with Crippen molar-refractivity contribution >= 4 is 11.8 Å². The Kier molecular flexibility index (Phi) is 8.28. The molecule has 1 aliphatic carbocycles. The molecule has 2 aromatic rings. The number of benzene rings is 2. The Labute approximate surface area is 205 Å². The molecule has 0 saturated heterocycles. The smallest absolute Gasteiger partial charge is 0.119 e. The molecule has 1 fully saturated rings. The van der Waals surface area contributed by atoms with E-state index < -0.39 is 0 Å². The van der Waals surface area contributed by atoms with E-state index in [1.54, 1.807) is 0 Å². The molecular formula is C29H39N3O2. The predicted octanol–water partition coefficient (Wildman–Crippen LogP) is 6.03. The van der Waals surface area contributed by atoms with Gasteiger partial charge in [-0.25, -0.2) is 0 Å². The van der Waals surface area contributed by atoms with Gasteiger partial charge < -0.3 is 14.4 Å². The van der Waals surface area contributed by atoms with Gasteiger partial charge in [0.1, 0.15) is 11.5 Å². The highest BCUT2D eigenvalue weighted by molar-refractivity contribution is 6.07. The van der Waals surface area contributed by atoms with Crippen LogP contribution in [0.4, 0.5) is 0 Å². The van der Waals surface area contributed by atoms with Gasteiger partial charge in [0, 0.05) is 12.5 Å². The Bertz CT molecular complexity index is 1010. The molecule has 0 bridgehead atoms. The number of fused-ring (bicyclic) bond motifs is 1.